The number of benzene rings is 10. The second-order valence-electron chi connectivity index (χ2n) is 22.1. The van der Waals surface area contributed by atoms with Crippen molar-refractivity contribution >= 4 is 94.2 Å². The van der Waals surface area contributed by atoms with E-state index in [0.29, 0.717) is 45.1 Å². The number of aromatic nitrogens is 5. The Hall–Kier alpha value is -12.2. The summed E-state index contributed by atoms with van der Waals surface area (Å²) in [6, 6.07) is 83.7. The quantitative estimate of drug-likeness (QED) is 0.168. The third-order valence-corrected chi connectivity index (χ3v) is 19.0. The average molecular weight is 1130 g/mol. The van der Waals surface area contributed by atoms with Crippen LogP contribution in [0.3, 0.4) is 0 Å². The van der Waals surface area contributed by atoms with Gasteiger partial charge in [-0.15, -0.1) is 0 Å². The monoisotopic (exact) mass is 1130 g/mol. The molecular weight excluding hydrogens is 1090 g/mol. The van der Waals surface area contributed by atoms with Crippen molar-refractivity contribution in [2.75, 3.05) is 4.90 Å². The van der Waals surface area contributed by atoms with Crippen molar-refractivity contribution in [3.63, 3.8) is 0 Å². The molecule has 0 saturated heterocycles. The highest BCUT2D eigenvalue weighted by Crippen LogP contribution is 2.66. The predicted octanol–water partition coefficient (Wildman–Crippen LogP) is 17.7. The minimum absolute atomic E-state index is 0.560. The van der Waals surface area contributed by atoms with Crippen LogP contribution < -0.4 is 9.64 Å². The summed E-state index contributed by atoms with van der Waals surface area (Å²) in [6.45, 7) is 0. The molecule has 0 fully saturated rings. The van der Waals surface area contributed by atoms with Crippen molar-refractivity contribution in [3.05, 3.63) is 275 Å². The van der Waals surface area contributed by atoms with Gasteiger partial charge in [-0.1, -0.05) is 103 Å². The van der Waals surface area contributed by atoms with E-state index >= 15 is 0 Å². The number of ether oxygens (including phenoxy) is 1. The molecule has 7 heterocycles. The minimum atomic E-state index is -1.23. The maximum absolute atomic E-state index is 10.3. The van der Waals surface area contributed by atoms with Crippen molar-refractivity contribution in [3.8, 4) is 64.2 Å². The lowest BCUT2D eigenvalue weighted by molar-refractivity contribution is 0.435. The Morgan fingerprint density at radius 1 is 0.345 bits per heavy atom. The number of rotatable bonds is 4. The number of para-hydroxylation sites is 6. The lowest BCUT2D eigenvalue weighted by Gasteiger charge is -2.42. The molecule has 400 valence electrons. The highest BCUT2D eigenvalue weighted by Gasteiger charge is 2.54. The zero-order valence-corrected chi connectivity index (χ0v) is 46.5. The van der Waals surface area contributed by atoms with Crippen molar-refractivity contribution in [1.29, 1.82) is 21.0 Å². The molecule has 0 N–H and O–H groups in total. The van der Waals surface area contributed by atoms with Gasteiger partial charge in [-0.2, -0.15) is 21.0 Å². The fraction of sp³-hybridized carbons (Fsp3) is 0.0133. The van der Waals surface area contributed by atoms with E-state index in [1.807, 2.05) is 128 Å². The summed E-state index contributed by atoms with van der Waals surface area (Å²) < 4.78 is 14.7. The molecule has 5 aromatic heterocycles. The number of nitriles is 4. The smallest absolute Gasteiger partial charge is 0.156 e. The zero-order chi connectivity index (χ0) is 57.8. The molecule has 0 radical (unpaired) electrons. The summed E-state index contributed by atoms with van der Waals surface area (Å²) >= 11 is 1.64. The molecule has 87 heavy (non-hydrogen) atoms. The van der Waals surface area contributed by atoms with Gasteiger partial charge in [0.05, 0.1) is 143 Å². The van der Waals surface area contributed by atoms with E-state index in [4.69, 9.17) is 14.7 Å². The highest BCUT2D eigenvalue weighted by molar-refractivity contribution is 7.99. The highest BCUT2D eigenvalue weighted by atomic mass is 32.2. The Balaban J connectivity index is 1.00. The van der Waals surface area contributed by atoms with Gasteiger partial charge >= 0.3 is 0 Å². The molecule has 11 nitrogen and oxygen atoms in total. The van der Waals surface area contributed by atoms with Gasteiger partial charge in [0, 0.05) is 64.4 Å². The molecule has 10 aromatic carbocycles. The van der Waals surface area contributed by atoms with Gasteiger partial charge in [-0.25, -0.2) is 0 Å². The van der Waals surface area contributed by atoms with Gasteiger partial charge in [0.15, 0.2) is 11.5 Å². The van der Waals surface area contributed by atoms with Crippen LogP contribution in [0.25, 0.3) is 93.9 Å². The van der Waals surface area contributed by atoms with Gasteiger partial charge < -0.3 is 23.3 Å². The number of pyridine rings is 2. The first-order chi connectivity index (χ1) is 42.9. The average Bonchev–Trinajstić information content (AvgIpc) is 1.59. The summed E-state index contributed by atoms with van der Waals surface area (Å²) in [4.78, 5) is 15.4. The Labute approximate surface area is 500 Å². The van der Waals surface area contributed by atoms with Crippen LogP contribution in [0.1, 0.15) is 44.5 Å². The lowest BCUT2D eigenvalue weighted by Crippen LogP contribution is -2.33. The van der Waals surface area contributed by atoms with E-state index in [1.54, 1.807) is 11.8 Å². The van der Waals surface area contributed by atoms with E-state index in [2.05, 4.69) is 146 Å². The molecule has 12 heteroatoms. The topological polar surface area (TPSA) is 148 Å². The van der Waals surface area contributed by atoms with Gasteiger partial charge in [0.2, 0.25) is 0 Å². The fourth-order valence-corrected chi connectivity index (χ4v) is 15.4. The fourth-order valence-electron chi connectivity index (χ4n) is 14.3. The van der Waals surface area contributed by atoms with Gasteiger partial charge in [-0.3, -0.25) is 9.97 Å². The first-order valence-electron chi connectivity index (χ1n) is 28.3. The molecular formula is C75H38N10OS. The Bertz CT molecular complexity index is 5640. The molecule has 18 rings (SSSR count). The van der Waals surface area contributed by atoms with Crippen LogP contribution in [0.2, 0.25) is 0 Å². The van der Waals surface area contributed by atoms with Crippen LogP contribution in [0.5, 0.6) is 11.5 Å². The van der Waals surface area contributed by atoms with Gasteiger partial charge in [-0.05, 0) is 127 Å². The van der Waals surface area contributed by atoms with Gasteiger partial charge in [0.25, 0.3) is 0 Å². The Morgan fingerprint density at radius 2 is 0.759 bits per heavy atom. The predicted molar refractivity (Wildman–Crippen MR) is 340 cm³/mol. The summed E-state index contributed by atoms with van der Waals surface area (Å²) in [5.74, 6) is 1.22. The van der Waals surface area contributed by atoms with Crippen LogP contribution in [-0.4, -0.2) is 23.7 Å². The molecule has 0 bridgehead atoms. The Morgan fingerprint density at radius 3 is 1.30 bits per heavy atom. The van der Waals surface area contributed by atoms with E-state index in [1.165, 1.54) is 0 Å². The third-order valence-electron chi connectivity index (χ3n) is 17.8. The second kappa shape index (κ2) is 17.9. The number of anilines is 3. The molecule has 15 aromatic rings. The van der Waals surface area contributed by atoms with Crippen molar-refractivity contribution < 1.29 is 4.74 Å². The van der Waals surface area contributed by atoms with Crippen LogP contribution in [0, 0.1) is 45.3 Å². The molecule has 3 aliphatic rings. The summed E-state index contributed by atoms with van der Waals surface area (Å²) in [6.07, 6.45) is 3.88. The molecule has 0 saturated carbocycles. The van der Waals surface area contributed by atoms with Crippen molar-refractivity contribution in [2.24, 2.45) is 0 Å². The maximum atomic E-state index is 10.3. The second-order valence-corrected chi connectivity index (χ2v) is 23.2. The lowest BCUT2D eigenvalue weighted by atomic mass is 9.66. The SMILES string of the molecule is N#Cc1ccc2c(c1)Sc1ccccc1N2c1cccc2c1Oc1c(-n3c4ccccc4c4cc(C#N)ccc43)cccc1C21c2cc(-n3c4ccccc4c4cc(C#N)ccc43)cnc2-c2ncc(-n3c4ccccc4c4cc(C#N)ccc43)cc21. The van der Waals surface area contributed by atoms with E-state index in [0.717, 1.165) is 132 Å². The van der Waals surface area contributed by atoms with Gasteiger partial charge in [0.1, 0.15) is 0 Å². The number of hydrogen-bond donors (Lipinski definition) is 0. The molecule has 1 spiro atoms. The molecule has 0 atom stereocenters. The molecule has 1 aliphatic carbocycles. The van der Waals surface area contributed by atoms with E-state index in [9.17, 15) is 21.0 Å². The van der Waals surface area contributed by atoms with Crippen LogP contribution >= 0.6 is 11.8 Å². The first kappa shape index (κ1) is 48.4. The van der Waals surface area contributed by atoms with Crippen molar-refractivity contribution in [2.45, 2.75) is 15.2 Å². The minimum Gasteiger partial charge on any atom is -0.452 e. The van der Waals surface area contributed by atoms with Crippen LogP contribution in [0.15, 0.2) is 241 Å². The normalized spacial score (nSPS) is 13.1. The zero-order valence-electron chi connectivity index (χ0n) is 45.7. The molecule has 0 amide bonds. The number of hydrogen-bond acceptors (Lipinski definition) is 9. The Kier molecular flexibility index (Phi) is 9.95. The third kappa shape index (κ3) is 6.51. The first-order valence-corrected chi connectivity index (χ1v) is 29.2. The summed E-state index contributed by atoms with van der Waals surface area (Å²) in [7, 11) is 0. The molecule has 2 aliphatic heterocycles. The summed E-state index contributed by atoms with van der Waals surface area (Å²) in [5, 5.41) is 46.8. The summed E-state index contributed by atoms with van der Waals surface area (Å²) in [5.41, 5.74) is 16.6. The standard InChI is InChI=1S/C75H38N10OS/c76-37-43-23-27-62-52(31-43)49-11-1-4-16-59(49)82(62)47-35-57-71(80-41-47)72-58(36-48(42-81-72)83-60-17-5-2-12-50(60)53-32-44(38-77)24-28-63(53)83)75(57)55-14-9-20-67(84-61-18-6-3-13-51(61)54-33-45(39-78)25-29-64(54)84)73(55)86-74-56(75)15-10-21-68(74)85-65-19-7-8-22-69(65)87-70-34-46(40-79)26-30-66(70)85/h1-36,41-42H. The van der Waals surface area contributed by atoms with Crippen LogP contribution in [-0.2, 0) is 5.41 Å². The molecule has 0 unspecified atom stereocenters. The number of nitrogens with zero attached hydrogens (tertiary/aromatic N) is 10. The number of fused-ring (bicyclic) bond motifs is 20. The van der Waals surface area contributed by atoms with E-state index < -0.39 is 5.41 Å². The largest absolute Gasteiger partial charge is 0.452 e. The maximum Gasteiger partial charge on any atom is 0.156 e. The van der Waals surface area contributed by atoms with E-state index in [-0.39, 0.29) is 0 Å². The van der Waals surface area contributed by atoms with Crippen LogP contribution in [0.4, 0.5) is 17.1 Å². The van der Waals surface area contributed by atoms with Crippen molar-refractivity contribution in [1.82, 2.24) is 23.7 Å².